The Bertz CT molecular complexity index is 1220. The number of hydrogen-bond acceptors (Lipinski definition) is 7. The Hall–Kier alpha value is -3.81. The van der Waals surface area contributed by atoms with Crippen LogP contribution in [0.25, 0.3) is 22.6 Å². The number of ether oxygens (including phenoxy) is 1. The maximum Gasteiger partial charge on any atom is 0.356 e. The summed E-state index contributed by atoms with van der Waals surface area (Å²) in [4.78, 5) is 20.1. The number of carbonyl (C=O) groups is 1. The minimum absolute atomic E-state index is 0.0317. The van der Waals surface area contributed by atoms with Crippen LogP contribution in [0.15, 0.2) is 77.3 Å². The quantitative estimate of drug-likeness (QED) is 0.389. The Labute approximate surface area is 191 Å². The van der Waals surface area contributed by atoms with E-state index in [-0.39, 0.29) is 18.2 Å². The molecule has 0 fully saturated rings. The fraction of sp³-hybridized carbons (Fsp3) is 0.192. The van der Waals surface area contributed by atoms with Crippen LogP contribution in [0.5, 0.6) is 0 Å². The van der Waals surface area contributed by atoms with Gasteiger partial charge in [0.1, 0.15) is 17.5 Å². The summed E-state index contributed by atoms with van der Waals surface area (Å²) >= 11 is 0. The van der Waals surface area contributed by atoms with Crippen LogP contribution in [0, 0.1) is 0 Å². The van der Waals surface area contributed by atoms with Crippen LogP contribution in [0.3, 0.4) is 0 Å². The van der Waals surface area contributed by atoms with Gasteiger partial charge in [0.25, 0.3) is 0 Å². The van der Waals surface area contributed by atoms with Crippen LogP contribution < -0.4 is 0 Å². The van der Waals surface area contributed by atoms with Crippen molar-refractivity contribution in [2.24, 2.45) is 0 Å². The van der Waals surface area contributed by atoms with Gasteiger partial charge in [0.15, 0.2) is 5.76 Å². The van der Waals surface area contributed by atoms with Crippen molar-refractivity contribution < 1.29 is 24.2 Å². The second-order valence-electron chi connectivity index (χ2n) is 7.57. The Balaban J connectivity index is 1.38. The van der Waals surface area contributed by atoms with Gasteiger partial charge in [0.2, 0.25) is 5.89 Å². The highest BCUT2D eigenvalue weighted by Crippen LogP contribution is 2.26. The molecule has 0 aliphatic heterocycles. The standard InChI is InChI=1S/C26H24N2O5/c1-32-26(31)22-4-2-3-21(28-22)24-15-27-25(33-24)23(30)14-9-17-5-10-19(11-6-17)20-12-7-18(16-29)8-13-20/h2-8,10-13,15,23,29-30H,9,14,16H2,1H3. The van der Waals surface area contributed by atoms with E-state index in [4.69, 9.17) is 9.52 Å². The third kappa shape index (κ3) is 5.34. The number of oxazole rings is 1. The van der Waals surface area contributed by atoms with Crippen molar-refractivity contribution >= 4 is 5.97 Å². The Morgan fingerprint density at radius 3 is 2.30 bits per heavy atom. The number of aryl methyl sites for hydroxylation is 1. The number of aliphatic hydroxyl groups excluding tert-OH is 2. The molecule has 0 aliphatic rings. The monoisotopic (exact) mass is 444 g/mol. The first-order valence-corrected chi connectivity index (χ1v) is 10.6. The average molecular weight is 444 g/mol. The van der Waals surface area contributed by atoms with Gasteiger partial charge in [-0.05, 0) is 47.2 Å². The van der Waals surface area contributed by atoms with Gasteiger partial charge in [0, 0.05) is 0 Å². The number of aliphatic hydroxyl groups is 2. The van der Waals surface area contributed by atoms with Gasteiger partial charge in [-0.3, -0.25) is 0 Å². The van der Waals surface area contributed by atoms with Crippen molar-refractivity contribution in [2.45, 2.75) is 25.6 Å². The third-order valence-corrected chi connectivity index (χ3v) is 5.33. The zero-order valence-electron chi connectivity index (χ0n) is 18.1. The zero-order valence-corrected chi connectivity index (χ0v) is 18.1. The van der Waals surface area contributed by atoms with Crippen LogP contribution in [0.1, 0.15) is 40.0 Å². The summed E-state index contributed by atoms with van der Waals surface area (Å²) in [6.07, 6.45) is 1.71. The number of carbonyl (C=O) groups excluding carboxylic acids is 1. The van der Waals surface area contributed by atoms with Crippen LogP contribution in [-0.2, 0) is 17.8 Å². The summed E-state index contributed by atoms with van der Waals surface area (Å²) in [7, 11) is 1.29. The molecule has 1 atom stereocenters. The lowest BCUT2D eigenvalue weighted by molar-refractivity contribution is 0.0594. The van der Waals surface area contributed by atoms with Gasteiger partial charge >= 0.3 is 5.97 Å². The smallest absolute Gasteiger partial charge is 0.356 e. The molecule has 0 radical (unpaired) electrons. The molecule has 4 rings (SSSR count). The van der Waals surface area contributed by atoms with Crippen LogP contribution >= 0.6 is 0 Å². The van der Waals surface area contributed by atoms with Crippen LogP contribution in [0.4, 0.5) is 0 Å². The number of esters is 1. The molecule has 2 N–H and O–H groups in total. The second kappa shape index (κ2) is 10.2. The molecule has 2 aromatic heterocycles. The van der Waals surface area contributed by atoms with Crippen LogP contribution in [0.2, 0.25) is 0 Å². The molecule has 0 saturated carbocycles. The van der Waals surface area contributed by atoms with E-state index in [1.54, 1.807) is 18.2 Å². The third-order valence-electron chi connectivity index (χ3n) is 5.33. The van der Waals surface area contributed by atoms with Crippen molar-refractivity contribution in [3.8, 4) is 22.6 Å². The van der Waals surface area contributed by atoms with Gasteiger partial charge in [-0.1, -0.05) is 54.6 Å². The molecule has 7 nitrogen and oxygen atoms in total. The van der Waals surface area contributed by atoms with Crippen molar-refractivity contribution in [3.05, 3.63) is 95.6 Å². The number of nitrogens with zero attached hydrogens (tertiary/aromatic N) is 2. The maximum absolute atomic E-state index is 11.7. The van der Waals surface area contributed by atoms with E-state index in [0.29, 0.717) is 24.3 Å². The van der Waals surface area contributed by atoms with Gasteiger partial charge in [-0.25, -0.2) is 14.8 Å². The predicted molar refractivity (Wildman–Crippen MR) is 122 cm³/mol. The van der Waals surface area contributed by atoms with E-state index < -0.39 is 12.1 Å². The maximum atomic E-state index is 11.7. The molecule has 2 aromatic carbocycles. The average Bonchev–Trinajstić information content (AvgIpc) is 3.38. The summed E-state index contributed by atoms with van der Waals surface area (Å²) in [6, 6.07) is 20.9. The highest BCUT2D eigenvalue weighted by molar-refractivity contribution is 5.87. The molecule has 4 aromatic rings. The van der Waals surface area contributed by atoms with E-state index in [2.05, 4.69) is 14.7 Å². The summed E-state index contributed by atoms with van der Waals surface area (Å²) < 4.78 is 10.4. The molecule has 33 heavy (non-hydrogen) atoms. The fourth-order valence-corrected chi connectivity index (χ4v) is 3.44. The number of hydrogen-bond donors (Lipinski definition) is 2. The Kier molecular flexibility index (Phi) is 6.92. The highest BCUT2D eigenvalue weighted by atomic mass is 16.5. The first-order chi connectivity index (χ1) is 16.1. The number of aromatic nitrogens is 2. The lowest BCUT2D eigenvalue weighted by atomic mass is 10.0. The van der Waals surface area contributed by atoms with Gasteiger partial charge in [-0.15, -0.1) is 0 Å². The first-order valence-electron chi connectivity index (χ1n) is 10.6. The predicted octanol–water partition coefficient (Wildman–Crippen LogP) is 4.35. The van der Waals surface area contributed by atoms with Crippen molar-refractivity contribution in [1.82, 2.24) is 9.97 Å². The molecule has 0 aliphatic carbocycles. The Morgan fingerprint density at radius 2 is 1.67 bits per heavy atom. The molecule has 1 unspecified atom stereocenters. The Morgan fingerprint density at radius 1 is 1.00 bits per heavy atom. The zero-order chi connectivity index (χ0) is 23.2. The number of rotatable bonds is 8. The van der Waals surface area contributed by atoms with Gasteiger partial charge in [0.05, 0.1) is 19.9 Å². The lowest BCUT2D eigenvalue weighted by Crippen LogP contribution is -2.04. The minimum Gasteiger partial charge on any atom is -0.464 e. The van der Waals surface area contributed by atoms with Gasteiger partial charge in [-0.2, -0.15) is 0 Å². The molecule has 0 spiro atoms. The number of pyridine rings is 1. The highest BCUT2D eigenvalue weighted by Gasteiger charge is 2.17. The molecule has 0 saturated heterocycles. The van der Waals surface area contributed by atoms with Crippen LogP contribution in [-0.4, -0.2) is 33.3 Å². The molecular formula is C26H24N2O5. The second-order valence-corrected chi connectivity index (χ2v) is 7.57. The first kappa shape index (κ1) is 22.4. The molecule has 7 heteroatoms. The van der Waals surface area contributed by atoms with E-state index in [1.165, 1.54) is 13.3 Å². The lowest BCUT2D eigenvalue weighted by Gasteiger charge is -2.08. The normalized spacial score (nSPS) is 11.8. The minimum atomic E-state index is -0.867. The molecule has 2 heterocycles. The van der Waals surface area contributed by atoms with Crippen molar-refractivity contribution in [2.75, 3.05) is 7.11 Å². The summed E-state index contributed by atoms with van der Waals surface area (Å²) in [5, 5.41) is 19.7. The summed E-state index contributed by atoms with van der Waals surface area (Å²) in [5.41, 5.74) is 4.74. The summed E-state index contributed by atoms with van der Waals surface area (Å²) in [5.74, 6) is 0.0343. The molecule has 0 amide bonds. The number of benzene rings is 2. The largest absolute Gasteiger partial charge is 0.464 e. The molecule has 0 bridgehead atoms. The van der Waals surface area contributed by atoms with E-state index >= 15 is 0 Å². The summed E-state index contributed by atoms with van der Waals surface area (Å²) in [6.45, 7) is 0.0317. The SMILES string of the molecule is COC(=O)c1cccc(-c2cnc(C(O)CCc3ccc(-c4ccc(CO)cc4)cc3)o2)n1. The van der Waals surface area contributed by atoms with E-state index in [0.717, 1.165) is 22.3 Å². The topological polar surface area (TPSA) is 106 Å². The van der Waals surface area contributed by atoms with E-state index in [9.17, 15) is 9.90 Å². The molecular weight excluding hydrogens is 420 g/mol. The fourth-order valence-electron chi connectivity index (χ4n) is 3.44. The van der Waals surface area contributed by atoms with Crippen molar-refractivity contribution in [3.63, 3.8) is 0 Å². The van der Waals surface area contributed by atoms with Gasteiger partial charge < -0.3 is 19.4 Å². The van der Waals surface area contributed by atoms with Crippen molar-refractivity contribution in [1.29, 1.82) is 0 Å². The molecule has 168 valence electrons. The van der Waals surface area contributed by atoms with E-state index in [1.807, 2.05) is 48.5 Å². The number of methoxy groups -OCH3 is 1.